The van der Waals surface area contributed by atoms with Gasteiger partial charge in [0.2, 0.25) is 5.91 Å². The number of carbonyl (C=O) groups excluding carboxylic acids is 2. The van der Waals surface area contributed by atoms with Crippen molar-refractivity contribution in [1.29, 1.82) is 0 Å². The molecule has 0 radical (unpaired) electrons. The van der Waals surface area contributed by atoms with E-state index in [0.29, 0.717) is 32.6 Å². The average molecular weight is 520 g/mol. The van der Waals surface area contributed by atoms with Crippen LogP contribution in [0.4, 0.5) is 4.79 Å². The first kappa shape index (κ1) is 33.1. The Bertz CT molecular complexity index is 754. The number of unbranched alkanes of at least 4 members (excludes halogenated alkanes) is 1. The molecule has 0 aromatic heterocycles. The van der Waals surface area contributed by atoms with Crippen molar-refractivity contribution < 1.29 is 49.1 Å². The van der Waals surface area contributed by atoms with Crippen LogP contribution >= 0.6 is 0 Å². The lowest BCUT2D eigenvalue weighted by Gasteiger charge is -2.27. The number of urea groups is 1. The highest BCUT2D eigenvalue weighted by atomic mass is 16.5. The van der Waals surface area contributed by atoms with Gasteiger partial charge in [0.1, 0.15) is 12.1 Å². The van der Waals surface area contributed by atoms with E-state index in [1.54, 1.807) is 0 Å². The number of carboxylic acid groups (broad SMARTS) is 3. The minimum atomic E-state index is -1.47. The van der Waals surface area contributed by atoms with Gasteiger partial charge in [-0.3, -0.25) is 9.59 Å². The van der Waals surface area contributed by atoms with Gasteiger partial charge in [-0.25, -0.2) is 14.4 Å². The second-order valence-electron chi connectivity index (χ2n) is 10.3. The fourth-order valence-corrected chi connectivity index (χ4v) is 3.04. The predicted molar refractivity (Wildman–Crippen MR) is 128 cm³/mol. The average Bonchev–Trinajstić information content (AvgIpc) is 2.74. The number of ether oxygens (including phenoxy) is 1. The number of amides is 3. The molecule has 0 aromatic rings. The molecule has 0 spiro atoms. The smallest absolute Gasteiger partial charge is 0.326 e. The van der Waals surface area contributed by atoms with Crippen molar-refractivity contribution in [3.05, 3.63) is 0 Å². The Morgan fingerprint density at radius 1 is 0.806 bits per heavy atom. The lowest BCUT2D eigenvalue weighted by Crippen LogP contribution is -2.51. The van der Waals surface area contributed by atoms with Crippen LogP contribution in [0.3, 0.4) is 0 Å². The highest BCUT2D eigenvalue weighted by Gasteiger charge is 2.26. The fourth-order valence-electron chi connectivity index (χ4n) is 3.04. The van der Waals surface area contributed by atoms with Gasteiger partial charge in [-0.1, -0.05) is 27.7 Å². The molecule has 0 aliphatic rings. The Morgan fingerprint density at radius 2 is 1.33 bits per heavy atom. The number of hydrogen-bond donors (Lipinski definition) is 7. The first-order chi connectivity index (χ1) is 16.6. The van der Waals surface area contributed by atoms with Crippen LogP contribution in [0.5, 0.6) is 0 Å². The van der Waals surface area contributed by atoms with E-state index in [4.69, 9.17) is 14.9 Å². The van der Waals surface area contributed by atoms with Crippen molar-refractivity contribution in [2.75, 3.05) is 26.4 Å². The summed E-state index contributed by atoms with van der Waals surface area (Å²) in [6.07, 6.45) is 0.263. The highest BCUT2D eigenvalue weighted by Crippen LogP contribution is 2.22. The Hall–Kier alpha value is -2.93. The van der Waals surface area contributed by atoms with E-state index in [9.17, 15) is 34.2 Å². The second kappa shape index (κ2) is 15.9. The molecule has 0 rings (SSSR count). The number of aliphatic hydroxyl groups excluding tert-OH is 1. The van der Waals surface area contributed by atoms with Crippen molar-refractivity contribution in [2.45, 2.75) is 78.3 Å². The number of carbonyl (C=O) groups is 5. The monoisotopic (exact) mass is 519 g/mol. The molecule has 0 saturated carbocycles. The van der Waals surface area contributed by atoms with Gasteiger partial charge in [0.05, 0.1) is 19.8 Å². The minimum Gasteiger partial charge on any atom is -0.481 e. The zero-order valence-electron chi connectivity index (χ0n) is 21.5. The number of aliphatic carboxylic acids is 3. The molecule has 0 aromatic carbocycles. The number of carboxylic acids is 3. The third-order valence-electron chi connectivity index (χ3n) is 5.15. The number of aliphatic hydroxyl groups is 1. The first-order valence-electron chi connectivity index (χ1n) is 11.8. The summed E-state index contributed by atoms with van der Waals surface area (Å²) in [5.74, 6) is -4.15. The molecule has 36 heavy (non-hydrogen) atoms. The largest absolute Gasteiger partial charge is 0.481 e. The van der Waals surface area contributed by atoms with Crippen LogP contribution in [-0.2, 0) is 23.9 Å². The van der Waals surface area contributed by atoms with Gasteiger partial charge in [0, 0.05) is 24.8 Å². The third kappa shape index (κ3) is 15.9. The Balaban J connectivity index is 4.39. The standard InChI is InChI=1S/C23H41N3O10/c1-22(2,13-36-14-23(3,4)12-27)11-17(28)24-10-6-5-7-15(19(31)32)25-21(35)26-16(20(33)34)8-9-18(29)30/h15-16,27H,5-14H2,1-4H3,(H,24,28)(H,29,30)(H,31,32)(H,33,34)(H2,25,26,35). The number of rotatable bonds is 19. The molecule has 13 nitrogen and oxygen atoms in total. The van der Waals surface area contributed by atoms with Crippen LogP contribution < -0.4 is 16.0 Å². The number of hydrogen-bond acceptors (Lipinski definition) is 7. The van der Waals surface area contributed by atoms with Crippen LogP contribution in [0.15, 0.2) is 0 Å². The van der Waals surface area contributed by atoms with Crippen LogP contribution in [-0.4, -0.2) is 88.7 Å². The van der Waals surface area contributed by atoms with Crippen molar-refractivity contribution in [3.63, 3.8) is 0 Å². The maximum Gasteiger partial charge on any atom is 0.326 e. The molecule has 0 aliphatic carbocycles. The molecule has 7 N–H and O–H groups in total. The SMILES string of the molecule is CC(C)(CO)COCC(C)(C)CC(=O)NCCCCC(NC(=O)NC(CCC(=O)O)C(=O)O)C(=O)O. The molecular formula is C23H41N3O10. The summed E-state index contributed by atoms with van der Waals surface area (Å²) < 4.78 is 5.65. The van der Waals surface area contributed by atoms with Gasteiger partial charge in [0.25, 0.3) is 0 Å². The lowest BCUT2D eigenvalue weighted by molar-refractivity contribution is -0.140. The predicted octanol–water partition coefficient (Wildman–Crippen LogP) is 0.795. The summed E-state index contributed by atoms with van der Waals surface area (Å²) in [6.45, 7) is 8.54. The summed E-state index contributed by atoms with van der Waals surface area (Å²) in [7, 11) is 0. The van der Waals surface area contributed by atoms with Gasteiger partial charge >= 0.3 is 23.9 Å². The maximum absolute atomic E-state index is 12.2. The van der Waals surface area contributed by atoms with Crippen molar-refractivity contribution in [3.8, 4) is 0 Å². The zero-order valence-corrected chi connectivity index (χ0v) is 21.5. The Kier molecular flexibility index (Phi) is 14.6. The second-order valence-corrected chi connectivity index (χ2v) is 10.3. The van der Waals surface area contributed by atoms with Crippen LogP contribution in [0.25, 0.3) is 0 Å². The molecular weight excluding hydrogens is 478 g/mol. The molecule has 2 unspecified atom stereocenters. The summed E-state index contributed by atoms with van der Waals surface area (Å²) in [4.78, 5) is 57.4. The van der Waals surface area contributed by atoms with E-state index >= 15 is 0 Å². The highest BCUT2D eigenvalue weighted by molar-refractivity contribution is 5.86. The summed E-state index contributed by atoms with van der Waals surface area (Å²) in [5.41, 5.74) is -0.778. The van der Waals surface area contributed by atoms with E-state index in [1.165, 1.54) is 0 Å². The molecule has 2 atom stereocenters. The number of nitrogens with one attached hydrogen (secondary N) is 3. The van der Waals surface area contributed by atoms with Crippen LogP contribution in [0.1, 0.15) is 66.2 Å². The van der Waals surface area contributed by atoms with Crippen LogP contribution in [0.2, 0.25) is 0 Å². The van der Waals surface area contributed by atoms with Crippen molar-refractivity contribution >= 4 is 29.8 Å². The van der Waals surface area contributed by atoms with Gasteiger partial charge in [-0.15, -0.1) is 0 Å². The van der Waals surface area contributed by atoms with E-state index in [1.807, 2.05) is 27.7 Å². The van der Waals surface area contributed by atoms with Gasteiger partial charge in [-0.05, 0) is 31.1 Å². The first-order valence-corrected chi connectivity index (χ1v) is 11.8. The Morgan fingerprint density at radius 3 is 1.83 bits per heavy atom. The molecule has 208 valence electrons. The van der Waals surface area contributed by atoms with E-state index < -0.39 is 47.9 Å². The van der Waals surface area contributed by atoms with Crippen molar-refractivity contribution in [1.82, 2.24) is 16.0 Å². The quantitative estimate of drug-likeness (QED) is 0.119. The molecule has 3 amide bonds. The van der Waals surface area contributed by atoms with E-state index in [0.717, 1.165) is 0 Å². The Labute approximate surface area is 211 Å². The molecule has 0 bridgehead atoms. The van der Waals surface area contributed by atoms with Crippen LogP contribution in [0, 0.1) is 10.8 Å². The molecule has 0 heterocycles. The summed E-state index contributed by atoms with van der Waals surface area (Å²) >= 11 is 0. The maximum atomic E-state index is 12.2. The molecule has 0 saturated heterocycles. The third-order valence-corrected chi connectivity index (χ3v) is 5.15. The van der Waals surface area contributed by atoms with Crippen molar-refractivity contribution in [2.24, 2.45) is 10.8 Å². The van der Waals surface area contributed by atoms with E-state index in [2.05, 4.69) is 16.0 Å². The fraction of sp³-hybridized carbons (Fsp3) is 0.783. The summed E-state index contributed by atoms with van der Waals surface area (Å²) in [6, 6.07) is -3.78. The molecule has 0 fully saturated rings. The van der Waals surface area contributed by atoms with Gasteiger partial charge in [0.15, 0.2) is 0 Å². The van der Waals surface area contributed by atoms with E-state index in [-0.39, 0.29) is 37.2 Å². The normalized spacial score (nSPS) is 13.4. The zero-order chi connectivity index (χ0) is 27.9. The van der Waals surface area contributed by atoms with Gasteiger partial charge < -0.3 is 41.1 Å². The molecule has 0 aliphatic heterocycles. The molecule has 13 heteroatoms. The van der Waals surface area contributed by atoms with Gasteiger partial charge in [-0.2, -0.15) is 0 Å². The lowest BCUT2D eigenvalue weighted by atomic mass is 9.89. The summed E-state index contributed by atoms with van der Waals surface area (Å²) in [5, 5.41) is 43.3. The minimum absolute atomic E-state index is 0.00745. The topological polar surface area (TPSA) is 212 Å².